The molecule has 4 rings (SSSR count). The van der Waals surface area contributed by atoms with Gasteiger partial charge in [-0.1, -0.05) is 29.8 Å². The standard InChI is InChI=1S/C25H25ClN2O5S/c1-32-20-10-12-21(13-11-20)33-24-14-9-19(26)16-23(24)27-25(29)18-6-5-15-28(17-18)34(30,31)22-7-3-2-4-8-22/h2-4,7-14,16,18H,5-6,15,17H2,1H3,(H,27,29)/t18-/m1/s1. The molecule has 178 valence electrons. The number of halogens is 1. The summed E-state index contributed by atoms with van der Waals surface area (Å²) < 4.78 is 38.5. The Bertz CT molecular complexity index is 1250. The number of nitrogens with one attached hydrogen (secondary N) is 1. The van der Waals surface area contributed by atoms with E-state index < -0.39 is 15.9 Å². The molecule has 0 radical (unpaired) electrons. The summed E-state index contributed by atoms with van der Waals surface area (Å²) in [7, 11) is -2.08. The van der Waals surface area contributed by atoms with Gasteiger partial charge in [-0.05, 0) is 67.4 Å². The minimum Gasteiger partial charge on any atom is -0.497 e. The lowest BCUT2D eigenvalue weighted by molar-refractivity contribution is -0.120. The zero-order valence-electron chi connectivity index (χ0n) is 18.6. The van der Waals surface area contributed by atoms with Crippen LogP contribution in [0.4, 0.5) is 5.69 Å². The van der Waals surface area contributed by atoms with E-state index >= 15 is 0 Å². The number of methoxy groups -OCH3 is 1. The van der Waals surface area contributed by atoms with Gasteiger partial charge < -0.3 is 14.8 Å². The first-order valence-electron chi connectivity index (χ1n) is 10.8. The van der Waals surface area contributed by atoms with E-state index in [1.807, 2.05) is 0 Å². The third-order valence-electron chi connectivity index (χ3n) is 5.62. The molecule has 1 aliphatic rings. The maximum absolute atomic E-state index is 13.1. The highest BCUT2D eigenvalue weighted by Crippen LogP contribution is 2.34. The van der Waals surface area contributed by atoms with Gasteiger partial charge in [0.05, 0.1) is 23.6 Å². The number of amides is 1. The quantitative estimate of drug-likeness (QED) is 0.483. The van der Waals surface area contributed by atoms with Crippen molar-refractivity contribution in [3.05, 3.63) is 77.8 Å². The van der Waals surface area contributed by atoms with Gasteiger partial charge in [-0.2, -0.15) is 4.31 Å². The number of hydrogen-bond acceptors (Lipinski definition) is 5. The first kappa shape index (κ1) is 24.1. The van der Waals surface area contributed by atoms with E-state index in [0.29, 0.717) is 47.3 Å². The van der Waals surface area contributed by atoms with E-state index in [1.165, 1.54) is 4.31 Å². The van der Waals surface area contributed by atoms with Crippen molar-refractivity contribution in [1.29, 1.82) is 0 Å². The van der Waals surface area contributed by atoms with Crippen LogP contribution in [-0.2, 0) is 14.8 Å². The normalized spacial score (nSPS) is 16.6. The summed E-state index contributed by atoms with van der Waals surface area (Å²) in [6, 6.07) is 20.3. The third kappa shape index (κ3) is 5.52. The number of benzene rings is 3. The van der Waals surface area contributed by atoms with Gasteiger partial charge in [0.1, 0.15) is 11.5 Å². The second-order valence-corrected chi connectivity index (χ2v) is 10.3. The topological polar surface area (TPSA) is 84.9 Å². The van der Waals surface area contributed by atoms with Crippen LogP contribution in [0.25, 0.3) is 0 Å². The lowest BCUT2D eigenvalue weighted by Gasteiger charge is -2.31. The maximum atomic E-state index is 13.1. The molecule has 0 unspecified atom stereocenters. The monoisotopic (exact) mass is 500 g/mol. The number of sulfonamides is 1. The van der Waals surface area contributed by atoms with Gasteiger partial charge in [0.15, 0.2) is 5.75 Å². The largest absolute Gasteiger partial charge is 0.497 e. The Hall–Kier alpha value is -3.07. The molecular formula is C25H25ClN2O5S. The summed E-state index contributed by atoms with van der Waals surface area (Å²) in [6.45, 7) is 0.488. The second-order valence-electron chi connectivity index (χ2n) is 7.92. The van der Waals surface area contributed by atoms with Crippen molar-refractivity contribution in [2.75, 3.05) is 25.5 Å². The summed E-state index contributed by atoms with van der Waals surface area (Å²) in [6.07, 6.45) is 1.18. The predicted octanol–water partition coefficient (Wildman–Crippen LogP) is 5.18. The number of piperidine rings is 1. The van der Waals surface area contributed by atoms with Crippen LogP contribution in [-0.4, -0.2) is 38.8 Å². The number of hydrogen-bond donors (Lipinski definition) is 1. The highest BCUT2D eigenvalue weighted by atomic mass is 35.5. The molecule has 0 bridgehead atoms. The molecule has 1 atom stereocenters. The molecule has 0 aliphatic carbocycles. The maximum Gasteiger partial charge on any atom is 0.243 e. The van der Waals surface area contributed by atoms with Crippen molar-refractivity contribution in [1.82, 2.24) is 4.31 Å². The Kier molecular flexibility index (Phi) is 7.41. The molecule has 9 heteroatoms. The summed E-state index contributed by atoms with van der Waals surface area (Å²) >= 11 is 6.17. The molecule has 3 aromatic carbocycles. The van der Waals surface area contributed by atoms with Gasteiger partial charge >= 0.3 is 0 Å². The molecule has 1 heterocycles. The first-order valence-corrected chi connectivity index (χ1v) is 12.7. The fraction of sp³-hybridized carbons (Fsp3) is 0.240. The van der Waals surface area contributed by atoms with Crippen molar-refractivity contribution in [2.24, 2.45) is 5.92 Å². The number of anilines is 1. The van der Waals surface area contributed by atoms with Crippen LogP contribution in [0, 0.1) is 5.92 Å². The average Bonchev–Trinajstić information content (AvgIpc) is 2.86. The van der Waals surface area contributed by atoms with E-state index in [-0.39, 0.29) is 17.3 Å². The van der Waals surface area contributed by atoms with Crippen molar-refractivity contribution in [2.45, 2.75) is 17.7 Å². The Balaban J connectivity index is 1.49. The lowest BCUT2D eigenvalue weighted by atomic mass is 9.98. The van der Waals surface area contributed by atoms with Crippen LogP contribution >= 0.6 is 11.6 Å². The van der Waals surface area contributed by atoms with Crippen molar-refractivity contribution >= 4 is 33.2 Å². The fourth-order valence-corrected chi connectivity index (χ4v) is 5.53. The number of ether oxygens (including phenoxy) is 2. The molecule has 1 fully saturated rings. The smallest absolute Gasteiger partial charge is 0.243 e. The van der Waals surface area contributed by atoms with Crippen LogP contribution in [0.2, 0.25) is 5.02 Å². The lowest BCUT2D eigenvalue weighted by Crippen LogP contribution is -2.43. The van der Waals surface area contributed by atoms with Gasteiger partial charge in [-0.3, -0.25) is 4.79 Å². The number of carbonyl (C=O) groups excluding carboxylic acids is 1. The summed E-state index contributed by atoms with van der Waals surface area (Å²) in [5.74, 6) is 0.906. The van der Waals surface area contributed by atoms with E-state index in [0.717, 1.165) is 0 Å². The Morgan fingerprint density at radius 1 is 1.03 bits per heavy atom. The molecular weight excluding hydrogens is 476 g/mol. The molecule has 1 saturated heterocycles. The second kappa shape index (κ2) is 10.5. The zero-order chi connectivity index (χ0) is 24.1. The molecule has 1 aliphatic heterocycles. The fourth-order valence-electron chi connectivity index (χ4n) is 3.81. The van der Waals surface area contributed by atoms with Gasteiger partial charge in [-0.25, -0.2) is 8.42 Å². The SMILES string of the molecule is COc1ccc(Oc2ccc(Cl)cc2NC(=O)[C@@H]2CCCN(S(=O)(=O)c3ccccc3)C2)cc1. The van der Waals surface area contributed by atoms with Crippen LogP contribution in [0.15, 0.2) is 77.7 Å². The molecule has 0 saturated carbocycles. The molecule has 34 heavy (non-hydrogen) atoms. The van der Waals surface area contributed by atoms with E-state index in [9.17, 15) is 13.2 Å². The summed E-state index contributed by atoms with van der Waals surface area (Å²) in [5, 5.41) is 3.32. The summed E-state index contributed by atoms with van der Waals surface area (Å²) in [4.78, 5) is 13.4. The predicted molar refractivity (Wildman–Crippen MR) is 131 cm³/mol. The molecule has 1 amide bonds. The molecule has 3 aromatic rings. The molecule has 0 aromatic heterocycles. The van der Waals surface area contributed by atoms with Crippen molar-refractivity contribution in [3.63, 3.8) is 0 Å². The first-order chi connectivity index (χ1) is 16.4. The third-order valence-corrected chi connectivity index (χ3v) is 7.74. The van der Waals surface area contributed by atoms with Gasteiger partial charge in [0, 0.05) is 18.1 Å². The molecule has 0 spiro atoms. The minimum absolute atomic E-state index is 0.109. The minimum atomic E-state index is -3.67. The Labute approximate surface area is 204 Å². The highest BCUT2D eigenvalue weighted by Gasteiger charge is 2.33. The number of rotatable bonds is 7. The number of carbonyl (C=O) groups is 1. The van der Waals surface area contributed by atoms with E-state index in [4.69, 9.17) is 21.1 Å². The van der Waals surface area contributed by atoms with Crippen LogP contribution in [0.3, 0.4) is 0 Å². The van der Waals surface area contributed by atoms with Crippen LogP contribution in [0.1, 0.15) is 12.8 Å². The average molecular weight is 501 g/mol. The van der Waals surface area contributed by atoms with Crippen molar-refractivity contribution in [3.8, 4) is 17.2 Å². The van der Waals surface area contributed by atoms with E-state index in [1.54, 1.807) is 79.9 Å². The highest BCUT2D eigenvalue weighted by molar-refractivity contribution is 7.89. The zero-order valence-corrected chi connectivity index (χ0v) is 20.2. The van der Waals surface area contributed by atoms with Crippen molar-refractivity contribution < 1.29 is 22.7 Å². The Morgan fingerprint density at radius 2 is 1.74 bits per heavy atom. The van der Waals surface area contributed by atoms with Gasteiger partial charge in [-0.15, -0.1) is 0 Å². The molecule has 7 nitrogen and oxygen atoms in total. The van der Waals surface area contributed by atoms with Crippen LogP contribution < -0.4 is 14.8 Å². The molecule has 1 N–H and O–H groups in total. The Morgan fingerprint density at radius 3 is 2.44 bits per heavy atom. The van der Waals surface area contributed by atoms with Gasteiger partial charge in [0.2, 0.25) is 15.9 Å². The van der Waals surface area contributed by atoms with Gasteiger partial charge in [0.25, 0.3) is 0 Å². The van der Waals surface area contributed by atoms with E-state index in [2.05, 4.69) is 5.32 Å². The number of nitrogens with zero attached hydrogens (tertiary/aromatic N) is 1. The summed E-state index contributed by atoms with van der Waals surface area (Å²) in [5.41, 5.74) is 0.413. The van der Waals surface area contributed by atoms with Crippen LogP contribution in [0.5, 0.6) is 17.2 Å².